The number of hydrogen-bond donors (Lipinski definition) is 3. The summed E-state index contributed by atoms with van der Waals surface area (Å²) in [6.07, 6.45) is 21.0. The molecule has 2 rings (SSSR count). The van der Waals surface area contributed by atoms with E-state index in [4.69, 9.17) is 20.1 Å². The molecular weight excluding hydrogens is 560 g/mol. The number of benzene rings is 2. The molecule has 0 aliphatic heterocycles. The average molecular weight is 617 g/mol. The predicted octanol–water partition coefficient (Wildman–Crippen LogP) is 9.47. The van der Waals surface area contributed by atoms with E-state index in [0.29, 0.717) is 24.2 Å². The van der Waals surface area contributed by atoms with E-state index >= 15 is 0 Å². The summed E-state index contributed by atoms with van der Waals surface area (Å²) in [5, 5.41) is 26.3. The maximum Gasteiger partial charge on any atom is 0.338 e. The van der Waals surface area contributed by atoms with Crippen LogP contribution in [0.5, 0.6) is 11.5 Å². The summed E-state index contributed by atoms with van der Waals surface area (Å²) in [7, 11) is 1.31. The number of aromatic hydroxyl groups is 2. The molecule has 0 saturated carbocycles. The Morgan fingerprint density at radius 3 is 1.25 bits per heavy atom. The number of phenolic OH excluding ortho intramolecular Hbond substituents is 2. The second-order valence-electron chi connectivity index (χ2n) is 10.8. The Balaban J connectivity index is 0.000000664. The first-order valence-corrected chi connectivity index (χ1v) is 16.3. The van der Waals surface area contributed by atoms with E-state index in [9.17, 15) is 14.4 Å². The minimum atomic E-state index is -0.653. The maximum atomic E-state index is 11.2. The zero-order valence-electron chi connectivity index (χ0n) is 27.2. The van der Waals surface area contributed by atoms with E-state index in [1.54, 1.807) is 0 Å². The highest BCUT2D eigenvalue weighted by atomic mass is 16.5. The number of carboxylic acids is 1. The molecule has 2 aromatic rings. The van der Waals surface area contributed by atoms with Gasteiger partial charge in [-0.15, -0.1) is 0 Å². The van der Waals surface area contributed by atoms with Gasteiger partial charge in [0.2, 0.25) is 0 Å². The Labute approximate surface area is 264 Å². The number of rotatable bonds is 20. The van der Waals surface area contributed by atoms with E-state index in [2.05, 4.69) is 11.7 Å². The van der Waals surface area contributed by atoms with Crippen LogP contribution in [0.4, 0.5) is 0 Å². The smallest absolute Gasteiger partial charge is 0.338 e. The van der Waals surface area contributed by atoms with E-state index in [0.717, 1.165) is 19.3 Å². The van der Waals surface area contributed by atoms with Crippen molar-refractivity contribution in [3.05, 3.63) is 59.7 Å². The van der Waals surface area contributed by atoms with Crippen LogP contribution in [0.3, 0.4) is 0 Å². The minimum absolute atomic E-state index is 0.137. The predicted molar refractivity (Wildman–Crippen MR) is 175 cm³/mol. The summed E-state index contributed by atoms with van der Waals surface area (Å²) in [6, 6.07) is 11.9. The third kappa shape index (κ3) is 24.0. The highest BCUT2D eigenvalue weighted by molar-refractivity contribution is 5.89. The van der Waals surface area contributed by atoms with Crippen LogP contribution in [0.2, 0.25) is 0 Å². The number of unbranched alkanes of at least 4 members (excludes halogenated alkanes) is 14. The third-order valence-electron chi connectivity index (χ3n) is 6.82. The number of phenols is 2. The Hall–Kier alpha value is -3.55. The van der Waals surface area contributed by atoms with Gasteiger partial charge in [-0.05, 0) is 61.4 Å². The molecule has 248 valence electrons. The number of hydrogen-bond acceptors (Lipinski definition) is 7. The van der Waals surface area contributed by atoms with E-state index in [1.807, 2.05) is 6.92 Å². The molecule has 3 N–H and O–H groups in total. The van der Waals surface area contributed by atoms with Gasteiger partial charge in [-0.25, -0.2) is 9.59 Å². The lowest BCUT2D eigenvalue weighted by atomic mass is 10.0. The number of carbonyl (C=O) groups excluding carboxylic acids is 2. The van der Waals surface area contributed by atoms with Crippen LogP contribution in [-0.2, 0) is 14.3 Å². The maximum absolute atomic E-state index is 11.2. The van der Waals surface area contributed by atoms with Crippen molar-refractivity contribution >= 4 is 17.9 Å². The molecule has 0 radical (unpaired) electrons. The highest BCUT2D eigenvalue weighted by Crippen LogP contribution is 2.14. The Bertz CT molecular complexity index is 986. The van der Waals surface area contributed by atoms with Gasteiger partial charge >= 0.3 is 17.9 Å². The number of ether oxygens (including phenoxy) is 2. The molecular formula is C36H56O8. The number of carboxylic acid groups (broad SMARTS) is 1. The normalized spacial score (nSPS) is 10.1. The van der Waals surface area contributed by atoms with Gasteiger partial charge in [0.25, 0.3) is 0 Å². The third-order valence-corrected chi connectivity index (χ3v) is 6.82. The highest BCUT2D eigenvalue weighted by Gasteiger charge is 2.05. The van der Waals surface area contributed by atoms with Crippen molar-refractivity contribution in [3.8, 4) is 11.5 Å². The monoisotopic (exact) mass is 616 g/mol. The van der Waals surface area contributed by atoms with E-state index < -0.39 is 11.9 Å². The fourth-order valence-electron chi connectivity index (χ4n) is 4.24. The molecule has 0 amide bonds. The van der Waals surface area contributed by atoms with Crippen LogP contribution < -0.4 is 0 Å². The first-order valence-electron chi connectivity index (χ1n) is 16.3. The summed E-state index contributed by atoms with van der Waals surface area (Å²) in [5.41, 5.74) is 0.900. The zero-order chi connectivity index (χ0) is 32.8. The Kier molecular flexibility index (Phi) is 26.0. The summed E-state index contributed by atoms with van der Waals surface area (Å²) >= 11 is 0. The fraction of sp³-hybridized carbons (Fsp3) is 0.583. The Morgan fingerprint density at radius 2 is 0.909 bits per heavy atom. The number of aliphatic carboxylic acids is 1. The standard InChI is InChI=1S/C18H36O2.C10H12O3.C8H8O3/c1-2-3-4-5-6-7-8-9-10-11-12-13-14-15-16-17-18(19)20;1-2-7-13-10(12)8-3-5-9(11)6-4-8;1-11-8(10)6-2-4-7(9)5-3-6/h2-17H2,1H3,(H,19,20);3-6,11H,2,7H2,1H3;2-5,9H,1H3. The minimum Gasteiger partial charge on any atom is -0.508 e. The quantitative estimate of drug-likeness (QED) is 0.0990. The zero-order valence-corrected chi connectivity index (χ0v) is 27.2. The Morgan fingerprint density at radius 1 is 0.545 bits per heavy atom. The first-order chi connectivity index (χ1) is 21.2. The SMILES string of the molecule is CCCCCCCCCCCCCCCCCC(=O)O.CCCOC(=O)c1ccc(O)cc1.COC(=O)c1ccc(O)cc1. The lowest BCUT2D eigenvalue weighted by Gasteiger charge is -2.03. The van der Waals surface area contributed by atoms with Gasteiger partial charge in [-0.2, -0.15) is 0 Å². The second-order valence-corrected chi connectivity index (χ2v) is 10.8. The van der Waals surface area contributed by atoms with Gasteiger partial charge in [-0.1, -0.05) is 104 Å². The molecule has 0 aliphatic rings. The second kappa shape index (κ2) is 28.2. The largest absolute Gasteiger partial charge is 0.508 e. The number of carbonyl (C=O) groups is 3. The fourth-order valence-corrected chi connectivity index (χ4v) is 4.24. The molecule has 0 spiro atoms. The summed E-state index contributed by atoms with van der Waals surface area (Å²) in [6.45, 7) is 4.63. The molecule has 8 nitrogen and oxygen atoms in total. The van der Waals surface area contributed by atoms with Gasteiger partial charge in [0, 0.05) is 6.42 Å². The first kappa shape index (κ1) is 40.5. The van der Waals surface area contributed by atoms with Gasteiger partial charge in [0.15, 0.2) is 0 Å². The van der Waals surface area contributed by atoms with Crippen LogP contribution in [0.25, 0.3) is 0 Å². The van der Waals surface area contributed by atoms with Crippen molar-refractivity contribution in [2.75, 3.05) is 13.7 Å². The molecule has 0 bridgehead atoms. The van der Waals surface area contributed by atoms with E-state index in [1.165, 1.54) is 139 Å². The van der Waals surface area contributed by atoms with Crippen LogP contribution >= 0.6 is 0 Å². The van der Waals surface area contributed by atoms with Gasteiger partial charge in [0.1, 0.15) is 11.5 Å². The van der Waals surface area contributed by atoms with E-state index in [-0.39, 0.29) is 17.5 Å². The molecule has 0 atom stereocenters. The molecule has 0 unspecified atom stereocenters. The van der Waals surface area contributed by atoms with Gasteiger partial charge in [0.05, 0.1) is 24.8 Å². The van der Waals surface area contributed by atoms with Crippen molar-refractivity contribution in [2.45, 2.75) is 123 Å². The number of esters is 2. The molecule has 0 saturated heterocycles. The topological polar surface area (TPSA) is 130 Å². The van der Waals surface area contributed by atoms with Crippen LogP contribution in [-0.4, -0.2) is 46.9 Å². The van der Waals surface area contributed by atoms with Crippen molar-refractivity contribution in [1.29, 1.82) is 0 Å². The lowest BCUT2D eigenvalue weighted by molar-refractivity contribution is -0.137. The molecule has 0 fully saturated rings. The molecule has 0 aromatic heterocycles. The van der Waals surface area contributed by atoms with Crippen LogP contribution in [0, 0.1) is 0 Å². The average Bonchev–Trinajstić information content (AvgIpc) is 3.02. The molecule has 2 aromatic carbocycles. The van der Waals surface area contributed by atoms with Gasteiger partial charge < -0.3 is 24.8 Å². The van der Waals surface area contributed by atoms with Crippen molar-refractivity contribution < 1.29 is 39.2 Å². The van der Waals surface area contributed by atoms with Crippen LogP contribution in [0.15, 0.2) is 48.5 Å². The molecule has 44 heavy (non-hydrogen) atoms. The molecule has 0 heterocycles. The number of methoxy groups -OCH3 is 1. The van der Waals surface area contributed by atoms with Gasteiger partial charge in [-0.3, -0.25) is 4.79 Å². The molecule has 8 heteroatoms. The lowest BCUT2D eigenvalue weighted by Crippen LogP contribution is -2.05. The van der Waals surface area contributed by atoms with Crippen LogP contribution in [0.1, 0.15) is 144 Å². The van der Waals surface area contributed by atoms with Crippen molar-refractivity contribution in [1.82, 2.24) is 0 Å². The summed E-state index contributed by atoms with van der Waals surface area (Å²) in [4.78, 5) is 32.4. The van der Waals surface area contributed by atoms with Crippen molar-refractivity contribution in [2.24, 2.45) is 0 Å². The summed E-state index contributed by atoms with van der Waals surface area (Å²) in [5.74, 6) is -1.11. The molecule has 0 aliphatic carbocycles. The van der Waals surface area contributed by atoms with Crippen molar-refractivity contribution in [3.63, 3.8) is 0 Å². The summed E-state index contributed by atoms with van der Waals surface area (Å²) < 4.78 is 9.35.